The third kappa shape index (κ3) is 9.77. The number of nitrogens with zero attached hydrogens (tertiary/aromatic N) is 2. The van der Waals surface area contributed by atoms with Gasteiger partial charge < -0.3 is 24.1 Å². The average molecular weight is 781 g/mol. The molecular weight excluding hydrogens is 741 g/mol. The van der Waals surface area contributed by atoms with Crippen LogP contribution in [0.4, 0.5) is 0 Å². The van der Waals surface area contributed by atoms with Crippen molar-refractivity contribution in [1.29, 1.82) is 0 Å². The van der Waals surface area contributed by atoms with E-state index in [-0.39, 0.29) is 5.78 Å². The van der Waals surface area contributed by atoms with Crippen molar-refractivity contribution in [3.63, 3.8) is 0 Å². The maximum atomic E-state index is 12.3. The molecule has 0 bridgehead atoms. The van der Waals surface area contributed by atoms with Crippen molar-refractivity contribution in [3.05, 3.63) is 168 Å². The van der Waals surface area contributed by atoms with E-state index >= 15 is 0 Å². The van der Waals surface area contributed by atoms with Crippen molar-refractivity contribution in [1.82, 2.24) is 9.97 Å². The van der Waals surface area contributed by atoms with Gasteiger partial charge in [-0.25, -0.2) is 9.97 Å². The Morgan fingerprint density at radius 3 is 1.59 bits per heavy atom. The summed E-state index contributed by atoms with van der Waals surface area (Å²) in [4.78, 5) is 21.3. The summed E-state index contributed by atoms with van der Waals surface area (Å²) in [6.07, 6.45) is 2.00. The lowest BCUT2D eigenvalue weighted by Gasteiger charge is -2.13. The first-order valence-electron chi connectivity index (χ1n) is 18.2. The zero-order chi connectivity index (χ0) is 38.7. The Kier molecular flexibility index (Phi) is 12.6. The van der Waals surface area contributed by atoms with Crippen LogP contribution in [0.1, 0.15) is 46.0 Å². The SMILES string of the molecule is COc1cc(CCC(=O)c2ccccc2)ccc1Oc1nc2ccccc2s1.COc1cc(CCC(O)c2ccccc2)ccc1Oc1nc2ccccc2s1. The molecule has 282 valence electrons. The molecule has 0 radical (unpaired) electrons. The molecular formula is C46H40N2O6S2. The van der Waals surface area contributed by atoms with Gasteiger partial charge in [0.2, 0.25) is 0 Å². The zero-order valence-electron chi connectivity index (χ0n) is 31.0. The number of aromatic nitrogens is 2. The molecule has 0 aliphatic carbocycles. The number of hydrogen-bond donors (Lipinski definition) is 1. The highest BCUT2D eigenvalue weighted by Crippen LogP contribution is 2.38. The topological polar surface area (TPSA) is 100 Å². The second-order valence-electron chi connectivity index (χ2n) is 12.8. The van der Waals surface area contributed by atoms with Crippen molar-refractivity contribution in [2.75, 3.05) is 14.2 Å². The Labute approximate surface area is 333 Å². The molecule has 1 unspecified atom stereocenters. The van der Waals surface area contributed by atoms with Crippen molar-refractivity contribution in [2.24, 2.45) is 0 Å². The van der Waals surface area contributed by atoms with Crippen molar-refractivity contribution in [3.8, 4) is 33.4 Å². The molecule has 1 N–H and O–H groups in total. The fraction of sp³-hybridized carbons (Fsp3) is 0.152. The first kappa shape index (κ1) is 38.2. The van der Waals surface area contributed by atoms with E-state index in [9.17, 15) is 9.90 Å². The van der Waals surface area contributed by atoms with E-state index in [1.54, 1.807) is 14.2 Å². The Hall–Kier alpha value is -6.07. The number of para-hydroxylation sites is 2. The molecule has 10 heteroatoms. The summed E-state index contributed by atoms with van der Waals surface area (Å²) in [5.41, 5.74) is 5.63. The van der Waals surface area contributed by atoms with E-state index in [0.29, 0.717) is 52.6 Å². The zero-order valence-corrected chi connectivity index (χ0v) is 32.6. The van der Waals surface area contributed by atoms with Crippen LogP contribution in [0.3, 0.4) is 0 Å². The molecule has 2 heterocycles. The fourth-order valence-corrected chi connectivity index (χ4v) is 7.71. The third-order valence-corrected chi connectivity index (χ3v) is 10.9. The quantitative estimate of drug-likeness (QED) is 0.109. The van der Waals surface area contributed by atoms with E-state index < -0.39 is 6.10 Å². The highest BCUT2D eigenvalue weighted by Gasteiger charge is 2.14. The van der Waals surface area contributed by atoms with Crippen LogP contribution in [0.15, 0.2) is 146 Å². The summed E-state index contributed by atoms with van der Waals surface area (Å²) in [5, 5.41) is 11.5. The van der Waals surface area contributed by atoms with Gasteiger partial charge in [-0.1, -0.05) is 120 Å². The molecule has 0 saturated carbocycles. The van der Waals surface area contributed by atoms with Gasteiger partial charge in [-0.05, 0) is 84.5 Å². The van der Waals surface area contributed by atoms with Crippen LogP contribution in [-0.4, -0.2) is 35.1 Å². The van der Waals surface area contributed by atoms with Crippen LogP contribution in [-0.2, 0) is 12.8 Å². The maximum Gasteiger partial charge on any atom is 0.279 e. The number of benzene rings is 6. The smallest absolute Gasteiger partial charge is 0.279 e. The number of methoxy groups -OCH3 is 2. The number of fused-ring (bicyclic) bond motifs is 2. The van der Waals surface area contributed by atoms with Gasteiger partial charge in [-0.2, -0.15) is 0 Å². The number of carbonyl (C=O) groups excluding carboxylic acids is 1. The standard InChI is InChI=1S/C23H21NO3S.C23H19NO3S/c2*1-26-21-15-16(11-13-19(25)17-7-3-2-4-8-17)12-14-20(21)27-23-24-18-9-5-6-10-22(18)28-23/h2-10,12,14-15,19,25H,11,13H2,1H3;2-10,12,14-15H,11,13H2,1H3. The summed E-state index contributed by atoms with van der Waals surface area (Å²) in [6, 6.07) is 46.6. The highest BCUT2D eigenvalue weighted by molar-refractivity contribution is 7.20. The van der Waals surface area contributed by atoms with Crippen molar-refractivity contribution >= 4 is 48.9 Å². The fourth-order valence-electron chi connectivity index (χ4n) is 6.05. The number of ketones is 1. The number of ether oxygens (including phenoxy) is 4. The van der Waals surface area contributed by atoms with Crippen LogP contribution in [0.25, 0.3) is 20.4 Å². The summed E-state index contributed by atoms with van der Waals surface area (Å²) < 4.78 is 25.1. The molecule has 0 saturated heterocycles. The number of Topliss-reactive ketones (excluding diaryl/α,β-unsaturated/α-hetero) is 1. The molecule has 6 aromatic carbocycles. The summed E-state index contributed by atoms with van der Waals surface area (Å²) in [5.74, 6) is 2.66. The largest absolute Gasteiger partial charge is 0.493 e. The van der Waals surface area contributed by atoms with Gasteiger partial charge in [0, 0.05) is 12.0 Å². The van der Waals surface area contributed by atoms with E-state index in [1.807, 2.05) is 146 Å². The second kappa shape index (κ2) is 18.5. The molecule has 0 amide bonds. The molecule has 0 aliphatic rings. The van der Waals surface area contributed by atoms with E-state index in [2.05, 4.69) is 9.97 Å². The molecule has 56 heavy (non-hydrogen) atoms. The van der Waals surface area contributed by atoms with Gasteiger partial charge in [0.15, 0.2) is 28.8 Å². The summed E-state index contributed by atoms with van der Waals surface area (Å²) >= 11 is 3.00. The Morgan fingerprint density at radius 2 is 1.07 bits per heavy atom. The van der Waals surface area contributed by atoms with Crippen LogP contribution < -0.4 is 18.9 Å². The number of thiazole rings is 2. The minimum absolute atomic E-state index is 0.134. The van der Waals surface area contributed by atoms with E-state index in [4.69, 9.17) is 18.9 Å². The molecule has 8 aromatic rings. The van der Waals surface area contributed by atoms with Gasteiger partial charge in [0.25, 0.3) is 10.4 Å². The number of hydrogen-bond acceptors (Lipinski definition) is 10. The van der Waals surface area contributed by atoms with Crippen molar-refractivity contribution in [2.45, 2.75) is 31.8 Å². The Bertz CT molecular complexity index is 2450. The normalized spacial score (nSPS) is 11.4. The summed E-state index contributed by atoms with van der Waals surface area (Å²) in [6.45, 7) is 0. The van der Waals surface area contributed by atoms with E-state index in [1.165, 1.54) is 22.7 Å². The van der Waals surface area contributed by atoms with Gasteiger partial charge in [0.1, 0.15) is 0 Å². The van der Waals surface area contributed by atoms with Gasteiger partial charge in [-0.15, -0.1) is 0 Å². The Morgan fingerprint density at radius 1 is 0.589 bits per heavy atom. The van der Waals surface area contributed by atoms with Crippen LogP contribution in [0, 0.1) is 0 Å². The lowest BCUT2D eigenvalue weighted by atomic mass is 10.0. The minimum atomic E-state index is -0.481. The van der Waals surface area contributed by atoms with Gasteiger partial charge >= 0.3 is 0 Å². The minimum Gasteiger partial charge on any atom is -0.493 e. The van der Waals surface area contributed by atoms with Crippen LogP contribution in [0.5, 0.6) is 33.4 Å². The number of aryl methyl sites for hydroxylation is 2. The second-order valence-corrected chi connectivity index (χ2v) is 14.8. The molecule has 0 aliphatic heterocycles. The molecule has 8 nitrogen and oxygen atoms in total. The molecule has 8 rings (SSSR count). The number of aliphatic hydroxyl groups is 1. The molecule has 2 aromatic heterocycles. The van der Waals surface area contributed by atoms with Crippen molar-refractivity contribution < 1.29 is 28.8 Å². The molecule has 0 spiro atoms. The number of rotatable bonds is 14. The predicted octanol–water partition coefficient (Wildman–Crippen LogP) is 11.7. The Balaban J connectivity index is 0.000000172. The van der Waals surface area contributed by atoms with Crippen LogP contribution in [0.2, 0.25) is 0 Å². The molecule has 1 atom stereocenters. The van der Waals surface area contributed by atoms with E-state index in [0.717, 1.165) is 49.1 Å². The predicted molar refractivity (Wildman–Crippen MR) is 224 cm³/mol. The lowest BCUT2D eigenvalue weighted by molar-refractivity contribution is 0.0982. The first-order chi connectivity index (χ1) is 27.4. The average Bonchev–Trinajstić information content (AvgIpc) is 3.86. The lowest BCUT2D eigenvalue weighted by Crippen LogP contribution is -2.01. The number of carbonyl (C=O) groups is 1. The summed E-state index contributed by atoms with van der Waals surface area (Å²) in [7, 11) is 3.24. The third-order valence-electron chi connectivity index (χ3n) is 9.03. The maximum absolute atomic E-state index is 12.3. The molecule has 0 fully saturated rings. The monoisotopic (exact) mass is 780 g/mol. The van der Waals surface area contributed by atoms with Gasteiger partial charge in [0.05, 0.1) is 40.8 Å². The van der Waals surface area contributed by atoms with Gasteiger partial charge in [-0.3, -0.25) is 4.79 Å². The van der Waals surface area contributed by atoms with Crippen LogP contribution >= 0.6 is 22.7 Å². The first-order valence-corrected chi connectivity index (χ1v) is 19.8. The number of aliphatic hydroxyl groups excluding tert-OH is 1. The highest BCUT2D eigenvalue weighted by atomic mass is 32.1.